The van der Waals surface area contributed by atoms with Gasteiger partial charge in [-0.25, -0.2) is 0 Å². The molecule has 98 valence electrons. The van der Waals surface area contributed by atoms with Crippen molar-refractivity contribution in [3.05, 3.63) is 30.3 Å². The van der Waals surface area contributed by atoms with Gasteiger partial charge in [0.05, 0.1) is 0 Å². The molecule has 0 heterocycles. The van der Waals surface area contributed by atoms with E-state index in [1.54, 1.807) is 0 Å². The largest absolute Gasteiger partial charge is 0.165 e. The fourth-order valence-corrected chi connectivity index (χ4v) is 5.08. The first-order valence-corrected chi connectivity index (χ1v) is 9.74. The normalized spacial score (nSPS) is 14.5. The molecule has 0 radical (unpaired) electrons. The fourth-order valence-electron chi connectivity index (χ4n) is 1.98. The Balaban J connectivity index is 3.09. The van der Waals surface area contributed by atoms with E-state index in [2.05, 4.69) is 76.0 Å². The maximum absolute atomic E-state index is 3.69. The predicted octanol–water partition coefficient (Wildman–Crippen LogP) is 4.36. The van der Waals surface area contributed by atoms with Crippen molar-refractivity contribution in [2.75, 3.05) is 0 Å². The average molecular weight is 258 g/mol. The molecule has 0 saturated carbocycles. The molecular weight excluding hydrogens is 232 g/mol. The number of hydrogen-bond acceptors (Lipinski definition) is 0. The van der Waals surface area contributed by atoms with Gasteiger partial charge in [0, 0.05) is 5.41 Å². The number of benzene rings is 1. The first-order chi connectivity index (χ1) is 8.43. The van der Waals surface area contributed by atoms with Crippen molar-refractivity contribution in [3.63, 3.8) is 0 Å². The van der Waals surface area contributed by atoms with Gasteiger partial charge in [-0.2, -0.15) is 0 Å². The zero-order chi connectivity index (χ0) is 13.6. The van der Waals surface area contributed by atoms with Crippen LogP contribution < -0.4 is 5.19 Å². The second-order valence-electron chi connectivity index (χ2n) is 5.94. The molecule has 0 fully saturated rings. The van der Waals surface area contributed by atoms with Gasteiger partial charge in [0.15, 0.2) is 8.07 Å². The van der Waals surface area contributed by atoms with Crippen molar-refractivity contribution in [2.45, 2.75) is 53.1 Å². The van der Waals surface area contributed by atoms with E-state index in [-0.39, 0.29) is 5.41 Å². The monoisotopic (exact) mass is 258 g/mol. The van der Waals surface area contributed by atoms with E-state index in [0.717, 1.165) is 6.42 Å². The molecular formula is C17H26Si. The molecule has 0 spiro atoms. The molecule has 1 aromatic rings. The van der Waals surface area contributed by atoms with Crippen LogP contribution in [0.1, 0.15) is 40.5 Å². The molecule has 1 unspecified atom stereocenters. The summed E-state index contributed by atoms with van der Waals surface area (Å²) in [6.45, 7) is 11.4. The Morgan fingerprint density at radius 2 is 1.72 bits per heavy atom. The van der Waals surface area contributed by atoms with Crippen molar-refractivity contribution in [1.82, 2.24) is 0 Å². The van der Waals surface area contributed by atoms with E-state index in [9.17, 15) is 0 Å². The van der Waals surface area contributed by atoms with Crippen LogP contribution in [0, 0.1) is 16.9 Å². The van der Waals surface area contributed by atoms with Gasteiger partial charge in [-0.05, 0) is 31.5 Å². The van der Waals surface area contributed by atoms with Crippen molar-refractivity contribution < 1.29 is 0 Å². The Hall–Kier alpha value is -1.00. The molecule has 0 bridgehead atoms. The van der Waals surface area contributed by atoms with Crippen LogP contribution in [0.3, 0.4) is 0 Å². The van der Waals surface area contributed by atoms with E-state index < -0.39 is 8.07 Å². The van der Waals surface area contributed by atoms with Crippen molar-refractivity contribution in [1.29, 1.82) is 0 Å². The van der Waals surface area contributed by atoms with Gasteiger partial charge in [0.2, 0.25) is 0 Å². The first kappa shape index (κ1) is 15.1. The highest BCUT2D eigenvalue weighted by Crippen LogP contribution is 2.19. The molecule has 0 aliphatic rings. The molecule has 0 saturated heterocycles. The number of rotatable bonds is 4. The van der Waals surface area contributed by atoms with Gasteiger partial charge in [-0.3, -0.25) is 0 Å². The zero-order valence-corrected chi connectivity index (χ0v) is 13.5. The lowest BCUT2D eigenvalue weighted by atomic mass is 9.92. The summed E-state index contributed by atoms with van der Waals surface area (Å²) in [7, 11) is -1.61. The standard InChI is InChI=1S/C17H26Si/c1-6-14-18(5,15-13-17(3,4)7-2)16-11-9-8-10-12-16/h8-12H,6-7,14H2,1-5H3. The molecule has 1 atom stereocenters. The van der Waals surface area contributed by atoms with Crippen LogP contribution in [0.5, 0.6) is 0 Å². The molecule has 0 nitrogen and oxygen atoms in total. The minimum absolute atomic E-state index is 0.150. The third-order valence-electron chi connectivity index (χ3n) is 3.72. The Bertz CT molecular complexity index is 422. The Morgan fingerprint density at radius 1 is 1.11 bits per heavy atom. The van der Waals surface area contributed by atoms with E-state index in [1.807, 2.05) is 0 Å². The van der Waals surface area contributed by atoms with E-state index >= 15 is 0 Å². The minimum Gasteiger partial charge on any atom is -0.125 e. The van der Waals surface area contributed by atoms with Crippen LogP contribution in [0.15, 0.2) is 30.3 Å². The maximum Gasteiger partial charge on any atom is 0.165 e. The summed E-state index contributed by atoms with van der Waals surface area (Å²) in [4.78, 5) is 0. The molecule has 0 N–H and O–H groups in total. The summed E-state index contributed by atoms with van der Waals surface area (Å²) in [6.07, 6.45) is 2.34. The predicted molar refractivity (Wildman–Crippen MR) is 84.6 cm³/mol. The van der Waals surface area contributed by atoms with E-state index in [4.69, 9.17) is 0 Å². The van der Waals surface area contributed by atoms with Crippen LogP contribution in [0.2, 0.25) is 12.6 Å². The van der Waals surface area contributed by atoms with Crippen LogP contribution in [-0.4, -0.2) is 8.07 Å². The van der Waals surface area contributed by atoms with Gasteiger partial charge < -0.3 is 0 Å². The fraction of sp³-hybridized carbons (Fsp3) is 0.529. The number of hydrogen-bond donors (Lipinski definition) is 0. The molecule has 0 aliphatic carbocycles. The zero-order valence-electron chi connectivity index (χ0n) is 12.5. The lowest BCUT2D eigenvalue weighted by Crippen LogP contribution is -2.43. The van der Waals surface area contributed by atoms with E-state index in [1.165, 1.54) is 17.7 Å². The highest BCUT2D eigenvalue weighted by atomic mass is 28.3. The molecule has 0 aromatic heterocycles. The van der Waals surface area contributed by atoms with Crippen LogP contribution in [0.25, 0.3) is 0 Å². The summed E-state index contributed by atoms with van der Waals surface area (Å²) in [5.74, 6) is 3.54. The van der Waals surface area contributed by atoms with E-state index in [0.29, 0.717) is 0 Å². The van der Waals surface area contributed by atoms with Crippen LogP contribution >= 0.6 is 0 Å². The molecule has 18 heavy (non-hydrogen) atoms. The molecule has 0 amide bonds. The lowest BCUT2D eigenvalue weighted by molar-refractivity contribution is 0.485. The van der Waals surface area contributed by atoms with Gasteiger partial charge >= 0.3 is 0 Å². The second-order valence-corrected chi connectivity index (χ2v) is 9.93. The van der Waals surface area contributed by atoms with Gasteiger partial charge in [-0.1, -0.05) is 57.1 Å². The maximum atomic E-state index is 3.69. The van der Waals surface area contributed by atoms with Gasteiger partial charge in [0.1, 0.15) is 0 Å². The van der Waals surface area contributed by atoms with Crippen molar-refractivity contribution in [3.8, 4) is 11.5 Å². The lowest BCUT2D eigenvalue weighted by Gasteiger charge is -2.22. The Morgan fingerprint density at radius 3 is 2.22 bits per heavy atom. The first-order valence-electron chi connectivity index (χ1n) is 7.03. The summed E-state index contributed by atoms with van der Waals surface area (Å²) >= 11 is 0. The molecule has 1 heteroatoms. The Kier molecular flexibility index (Phi) is 5.23. The summed E-state index contributed by atoms with van der Waals surface area (Å²) in [6, 6.07) is 12.1. The van der Waals surface area contributed by atoms with Crippen LogP contribution in [-0.2, 0) is 0 Å². The quantitative estimate of drug-likeness (QED) is 0.556. The molecule has 1 aromatic carbocycles. The SMILES string of the molecule is CCC[Si](C)(C#CC(C)(C)CC)c1ccccc1. The second kappa shape index (κ2) is 6.25. The highest BCUT2D eigenvalue weighted by molar-refractivity contribution is 6.97. The van der Waals surface area contributed by atoms with Gasteiger partial charge in [0.25, 0.3) is 0 Å². The van der Waals surface area contributed by atoms with Crippen molar-refractivity contribution >= 4 is 13.3 Å². The minimum atomic E-state index is -1.61. The third-order valence-corrected chi connectivity index (χ3v) is 7.51. The highest BCUT2D eigenvalue weighted by Gasteiger charge is 2.27. The Labute approximate surface area is 114 Å². The third kappa shape index (κ3) is 4.03. The topological polar surface area (TPSA) is 0 Å². The van der Waals surface area contributed by atoms with Crippen LogP contribution in [0.4, 0.5) is 0 Å². The summed E-state index contributed by atoms with van der Waals surface area (Å²) in [5.41, 5.74) is 3.84. The summed E-state index contributed by atoms with van der Waals surface area (Å²) in [5, 5.41) is 1.48. The smallest absolute Gasteiger partial charge is 0.125 e. The molecule has 1 rings (SSSR count). The van der Waals surface area contributed by atoms with Gasteiger partial charge in [-0.15, -0.1) is 11.5 Å². The van der Waals surface area contributed by atoms with Crippen molar-refractivity contribution in [2.24, 2.45) is 5.41 Å². The average Bonchev–Trinajstić information content (AvgIpc) is 2.38. The molecule has 0 aliphatic heterocycles. The summed E-state index contributed by atoms with van der Waals surface area (Å²) < 4.78 is 0.